The summed E-state index contributed by atoms with van der Waals surface area (Å²) in [6, 6.07) is 0. The number of nitro groups is 1. The van der Waals surface area contributed by atoms with E-state index in [2.05, 4.69) is 10.1 Å². The fourth-order valence-electron chi connectivity index (χ4n) is 1.34. The predicted molar refractivity (Wildman–Crippen MR) is 52.2 cm³/mol. The third kappa shape index (κ3) is 2.98. The van der Waals surface area contributed by atoms with Crippen LogP contribution in [0.5, 0.6) is 0 Å². The van der Waals surface area contributed by atoms with E-state index in [1.165, 1.54) is 0 Å². The number of aromatic nitrogens is 1. The lowest BCUT2D eigenvalue weighted by Gasteiger charge is -2.13. The van der Waals surface area contributed by atoms with Crippen molar-refractivity contribution in [2.24, 2.45) is 5.14 Å². The number of alkyl halides is 5. The SMILES string of the molecule is NS(=O)(=O)c1c(C(F)(F)F)ncc([N+](=O)[O-])c1C(F)F. The first-order valence-corrected chi connectivity index (χ1v) is 5.97. The van der Waals surface area contributed by atoms with Crippen LogP contribution in [-0.4, -0.2) is 18.3 Å². The van der Waals surface area contributed by atoms with Crippen LogP contribution in [0.4, 0.5) is 27.6 Å². The van der Waals surface area contributed by atoms with Gasteiger partial charge in [0, 0.05) is 0 Å². The molecule has 1 rings (SSSR count). The van der Waals surface area contributed by atoms with Gasteiger partial charge in [0.05, 0.1) is 4.92 Å². The molecule has 0 aromatic carbocycles. The Morgan fingerprint density at radius 3 is 2.15 bits per heavy atom. The Kier molecular flexibility index (Phi) is 3.96. The Labute approximate surface area is 107 Å². The lowest BCUT2D eigenvalue weighted by atomic mass is 10.2. The molecule has 112 valence electrons. The molecule has 0 amide bonds. The highest BCUT2D eigenvalue weighted by Gasteiger charge is 2.44. The normalized spacial score (nSPS) is 12.8. The van der Waals surface area contributed by atoms with Crippen molar-refractivity contribution in [3.05, 3.63) is 27.6 Å². The molecule has 0 spiro atoms. The van der Waals surface area contributed by atoms with Crippen LogP contribution in [0.25, 0.3) is 0 Å². The molecule has 0 saturated carbocycles. The zero-order valence-electron chi connectivity index (χ0n) is 9.06. The standard InChI is InChI=1S/C7H4F5N3O4S/c8-6(9)3-2(15(16)17)1-14-5(7(10,11)12)4(3)20(13,18)19/h1,6H,(H2,13,18,19). The first kappa shape index (κ1) is 16.2. The highest BCUT2D eigenvalue weighted by Crippen LogP contribution is 2.40. The number of pyridine rings is 1. The molecule has 0 aliphatic heterocycles. The van der Waals surface area contributed by atoms with Crippen LogP contribution in [0.2, 0.25) is 0 Å². The van der Waals surface area contributed by atoms with Crippen LogP contribution < -0.4 is 5.14 Å². The van der Waals surface area contributed by atoms with E-state index in [1.54, 1.807) is 0 Å². The second kappa shape index (κ2) is 4.90. The first-order chi connectivity index (χ1) is 8.87. The van der Waals surface area contributed by atoms with Crippen molar-refractivity contribution in [2.75, 3.05) is 0 Å². The minimum Gasteiger partial charge on any atom is -0.258 e. The minimum atomic E-state index is -5.43. The van der Waals surface area contributed by atoms with E-state index in [0.29, 0.717) is 0 Å². The average Bonchev–Trinajstić information content (AvgIpc) is 2.24. The quantitative estimate of drug-likeness (QED) is 0.515. The Morgan fingerprint density at radius 1 is 1.35 bits per heavy atom. The van der Waals surface area contributed by atoms with Gasteiger partial charge in [0.2, 0.25) is 10.0 Å². The molecule has 20 heavy (non-hydrogen) atoms. The van der Waals surface area contributed by atoms with Crippen LogP contribution in [0.3, 0.4) is 0 Å². The summed E-state index contributed by atoms with van der Waals surface area (Å²) < 4.78 is 85.3. The highest BCUT2D eigenvalue weighted by atomic mass is 32.2. The van der Waals surface area contributed by atoms with Gasteiger partial charge < -0.3 is 0 Å². The maximum atomic E-state index is 12.7. The highest BCUT2D eigenvalue weighted by molar-refractivity contribution is 7.89. The van der Waals surface area contributed by atoms with Crippen molar-refractivity contribution in [1.82, 2.24) is 4.98 Å². The topological polar surface area (TPSA) is 116 Å². The molecule has 0 bridgehead atoms. The van der Waals surface area contributed by atoms with Gasteiger partial charge in [-0.2, -0.15) is 13.2 Å². The third-order valence-corrected chi connectivity index (χ3v) is 3.00. The van der Waals surface area contributed by atoms with Crippen molar-refractivity contribution in [2.45, 2.75) is 17.5 Å². The fourth-order valence-corrected chi connectivity index (χ4v) is 2.28. The molecular formula is C7H4F5N3O4S. The van der Waals surface area contributed by atoms with E-state index in [0.717, 1.165) is 0 Å². The first-order valence-electron chi connectivity index (χ1n) is 4.42. The summed E-state index contributed by atoms with van der Waals surface area (Å²) in [5.41, 5.74) is -5.75. The second-order valence-electron chi connectivity index (χ2n) is 3.34. The molecule has 2 N–H and O–H groups in total. The molecule has 1 aromatic rings. The van der Waals surface area contributed by atoms with Crippen LogP contribution >= 0.6 is 0 Å². The molecule has 0 fully saturated rings. The maximum absolute atomic E-state index is 12.7. The molecular weight excluding hydrogens is 317 g/mol. The molecule has 0 unspecified atom stereocenters. The summed E-state index contributed by atoms with van der Waals surface area (Å²) in [4.78, 5) is 9.42. The summed E-state index contributed by atoms with van der Waals surface area (Å²) in [5.74, 6) is 0. The van der Waals surface area contributed by atoms with Crippen LogP contribution in [0, 0.1) is 10.1 Å². The van der Waals surface area contributed by atoms with E-state index in [4.69, 9.17) is 0 Å². The number of sulfonamides is 1. The summed E-state index contributed by atoms with van der Waals surface area (Å²) in [7, 11) is -5.32. The fraction of sp³-hybridized carbons (Fsp3) is 0.286. The van der Waals surface area contributed by atoms with Gasteiger partial charge >= 0.3 is 6.18 Å². The molecule has 13 heteroatoms. The lowest BCUT2D eigenvalue weighted by Crippen LogP contribution is -2.23. The van der Waals surface area contributed by atoms with Crippen molar-refractivity contribution < 1.29 is 35.3 Å². The molecule has 0 saturated heterocycles. The van der Waals surface area contributed by atoms with E-state index in [1.807, 2.05) is 0 Å². The molecule has 0 radical (unpaired) electrons. The summed E-state index contributed by atoms with van der Waals surface area (Å²) in [6.45, 7) is 0. The van der Waals surface area contributed by atoms with Gasteiger partial charge in [0.15, 0.2) is 5.69 Å². The van der Waals surface area contributed by atoms with Crippen molar-refractivity contribution in [3.63, 3.8) is 0 Å². The smallest absolute Gasteiger partial charge is 0.258 e. The van der Waals surface area contributed by atoms with E-state index < -0.39 is 49.4 Å². The molecule has 1 heterocycles. The van der Waals surface area contributed by atoms with Gasteiger partial charge in [-0.3, -0.25) is 10.1 Å². The Balaban J connectivity index is 3.97. The number of halogens is 5. The number of hydrogen-bond donors (Lipinski definition) is 1. The number of rotatable bonds is 3. The minimum absolute atomic E-state index is 0.0982. The Morgan fingerprint density at radius 2 is 1.85 bits per heavy atom. The van der Waals surface area contributed by atoms with E-state index in [-0.39, 0.29) is 6.20 Å². The zero-order chi connectivity index (χ0) is 15.9. The summed E-state index contributed by atoms with van der Waals surface area (Å²) >= 11 is 0. The van der Waals surface area contributed by atoms with Crippen molar-refractivity contribution in [1.29, 1.82) is 0 Å². The van der Waals surface area contributed by atoms with Crippen molar-refractivity contribution in [3.8, 4) is 0 Å². The van der Waals surface area contributed by atoms with Gasteiger partial charge in [0.1, 0.15) is 16.7 Å². The lowest BCUT2D eigenvalue weighted by molar-refractivity contribution is -0.386. The monoisotopic (exact) mass is 321 g/mol. The zero-order valence-corrected chi connectivity index (χ0v) is 9.87. The molecule has 7 nitrogen and oxygen atoms in total. The molecule has 0 aliphatic rings. The van der Waals surface area contributed by atoms with Crippen LogP contribution in [-0.2, 0) is 16.2 Å². The number of primary sulfonamides is 1. The van der Waals surface area contributed by atoms with E-state index in [9.17, 15) is 40.5 Å². The van der Waals surface area contributed by atoms with Gasteiger partial charge in [-0.15, -0.1) is 0 Å². The largest absolute Gasteiger partial charge is 0.434 e. The van der Waals surface area contributed by atoms with E-state index >= 15 is 0 Å². The third-order valence-electron chi connectivity index (χ3n) is 2.02. The summed E-state index contributed by atoms with van der Waals surface area (Å²) in [6.07, 6.45) is -9.40. The predicted octanol–water partition coefficient (Wildman–Crippen LogP) is 1.59. The molecule has 1 aromatic heterocycles. The molecule has 0 atom stereocenters. The van der Waals surface area contributed by atoms with Crippen molar-refractivity contribution >= 4 is 15.7 Å². The Hall–Kier alpha value is -1.89. The van der Waals surface area contributed by atoms with Gasteiger partial charge in [0.25, 0.3) is 12.1 Å². The summed E-state index contributed by atoms with van der Waals surface area (Å²) in [5, 5.41) is 14.9. The number of hydrogen-bond acceptors (Lipinski definition) is 5. The average molecular weight is 321 g/mol. The number of nitrogens with two attached hydrogens (primary N) is 1. The van der Waals surface area contributed by atoms with Gasteiger partial charge in [-0.25, -0.2) is 27.3 Å². The molecule has 0 aliphatic carbocycles. The maximum Gasteiger partial charge on any atom is 0.434 e. The second-order valence-corrected chi connectivity index (χ2v) is 4.83. The number of nitrogens with zero attached hydrogens (tertiary/aromatic N) is 2. The van der Waals surface area contributed by atoms with Crippen LogP contribution in [0.15, 0.2) is 11.1 Å². The van der Waals surface area contributed by atoms with Crippen LogP contribution in [0.1, 0.15) is 17.7 Å². The van der Waals surface area contributed by atoms with Gasteiger partial charge in [-0.1, -0.05) is 0 Å². The Bertz CT molecular complexity index is 657. The van der Waals surface area contributed by atoms with Gasteiger partial charge in [-0.05, 0) is 0 Å².